The van der Waals surface area contributed by atoms with Crippen LogP contribution >= 0.6 is 11.3 Å². The third kappa shape index (κ3) is 4.16. The van der Waals surface area contributed by atoms with Crippen LogP contribution in [0, 0.1) is 0 Å². The first-order valence-electron chi connectivity index (χ1n) is 11.0. The minimum Gasteiger partial charge on any atom is -0.497 e. The molecule has 1 aliphatic carbocycles. The van der Waals surface area contributed by atoms with E-state index < -0.39 is 0 Å². The van der Waals surface area contributed by atoms with E-state index in [0.717, 1.165) is 59.8 Å². The molecular weight excluding hydrogens is 394 g/mol. The van der Waals surface area contributed by atoms with Crippen LogP contribution in [0.2, 0.25) is 0 Å². The molecule has 160 valence electrons. The second-order valence-electron chi connectivity index (χ2n) is 7.93. The van der Waals surface area contributed by atoms with E-state index in [1.807, 2.05) is 16.7 Å². The lowest BCUT2D eigenvalue weighted by Gasteiger charge is -2.20. The molecule has 2 heterocycles. The van der Waals surface area contributed by atoms with Gasteiger partial charge in [0.05, 0.1) is 12.5 Å². The number of aromatic nitrogens is 2. The van der Waals surface area contributed by atoms with E-state index in [1.165, 1.54) is 23.3 Å². The van der Waals surface area contributed by atoms with Crippen molar-refractivity contribution in [2.24, 2.45) is 0 Å². The van der Waals surface area contributed by atoms with Crippen molar-refractivity contribution in [3.05, 3.63) is 56.4 Å². The summed E-state index contributed by atoms with van der Waals surface area (Å²) in [4.78, 5) is 23.3. The Kier molecular flexibility index (Phi) is 6.54. The fraction of sp³-hybridized carbons (Fsp3) is 0.500. The number of thiophene rings is 1. The second kappa shape index (κ2) is 9.31. The Morgan fingerprint density at radius 1 is 1.13 bits per heavy atom. The molecule has 4 rings (SSSR count). The van der Waals surface area contributed by atoms with Gasteiger partial charge in [-0.2, -0.15) is 0 Å². The average Bonchev–Trinajstić information content (AvgIpc) is 3.15. The number of nitrogens with zero attached hydrogens (tertiary/aromatic N) is 3. The lowest BCUT2D eigenvalue weighted by atomic mass is 9.97. The first-order chi connectivity index (χ1) is 14.6. The maximum atomic E-state index is 13.7. The first-order valence-corrected chi connectivity index (χ1v) is 11.9. The molecule has 0 saturated carbocycles. The number of hydrogen-bond acceptors (Lipinski definition) is 5. The normalized spacial score (nSPS) is 13.7. The van der Waals surface area contributed by atoms with Crippen molar-refractivity contribution >= 4 is 21.6 Å². The van der Waals surface area contributed by atoms with Crippen LogP contribution in [0.4, 0.5) is 0 Å². The molecule has 0 radical (unpaired) electrons. The van der Waals surface area contributed by atoms with Gasteiger partial charge in [-0.05, 0) is 62.0 Å². The van der Waals surface area contributed by atoms with Gasteiger partial charge in [-0.15, -0.1) is 11.3 Å². The maximum absolute atomic E-state index is 13.7. The van der Waals surface area contributed by atoms with Gasteiger partial charge in [0.15, 0.2) is 0 Å². The minimum atomic E-state index is 0.148. The lowest BCUT2D eigenvalue weighted by molar-refractivity contribution is 0.287. The molecule has 0 N–H and O–H groups in total. The summed E-state index contributed by atoms with van der Waals surface area (Å²) in [6, 6.07) is 8.05. The molecule has 1 aromatic carbocycles. The minimum absolute atomic E-state index is 0.148. The molecular formula is C24H31N3O2S. The van der Waals surface area contributed by atoms with Crippen LogP contribution in [0.5, 0.6) is 5.75 Å². The summed E-state index contributed by atoms with van der Waals surface area (Å²) in [6.07, 6.45) is 5.14. The number of aryl methyl sites for hydroxylation is 2. The van der Waals surface area contributed by atoms with Gasteiger partial charge >= 0.3 is 0 Å². The standard InChI is InChI=1S/C24H31N3O2S/c1-4-26(5-2)14-15-27-21(16-17-10-12-18(29-3)13-11-17)25-23-22(24(27)28)19-8-6-7-9-20(19)30-23/h10-13H,4-9,14-16H2,1-3H3. The molecule has 0 unspecified atom stereocenters. The topological polar surface area (TPSA) is 47.4 Å². The molecule has 0 aliphatic heterocycles. The average molecular weight is 426 g/mol. The smallest absolute Gasteiger partial charge is 0.262 e. The Labute approximate surface area is 182 Å². The third-order valence-electron chi connectivity index (χ3n) is 6.21. The van der Waals surface area contributed by atoms with E-state index in [9.17, 15) is 4.79 Å². The van der Waals surface area contributed by atoms with Gasteiger partial charge in [0.25, 0.3) is 5.56 Å². The third-order valence-corrected chi connectivity index (χ3v) is 7.40. The van der Waals surface area contributed by atoms with E-state index in [4.69, 9.17) is 9.72 Å². The van der Waals surface area contributed by atoms with E-state index >= 15 is 0 Å². The Morgan fingerprint density at radius 3 is 2.57 bits per heavy atom. The zero-order chi connectivity index (χ0) is 21.1. The molecule has 3 aromatic rings. The van der Waals surface area contributed by atoms with E-state index in [0.29, 0.717) is 13.0 Å². The number of fused-ring (bicyclic) bond motifs is 3. The number of methoxy groups -OCH3 is 1. The van der Waals surface area contributed by atoms with Gasteiger partial charge in [0.2, 0.25) is 0 Å². The highest BCUT2D eigenvalue weighted by molar-refractivity contribution is 7.18. The zero-order valence-corrected chi connectivity index (χ0v) is 19.1. The largest absolute Gasteiger partial charge is 0.497 e. The predicted molar refractivity (Wildman–Crippen MR) is 124 cm³/mol. The summed E-state index contributed by atoms with van der Waals surface area (Å²) < 4.78 is 7.22. The summed E-state index contributed by atoms with van der Waals surface area (Å²) in [7, 11) is 1.67. The summed E-state index contributed by atoms with van der Waals surface area (Å²) in [6.45, 7) is 7.86. The maximum Gasteiger partial charge on any atom is 0.262 e. The molecule has 0 fully saturated rings. The molecule has 0 bridgehead atoms. The monoisotopic (exact) mass is 425 g/mol. The van der Waals surface area contributed by atoms with Gasteiger partial charge in [-0.25, -0.2) is 4.98 Å². The summed E-state index contributed by atoms with van der Waals surface area (Å²) in [5.41, 5.74) is 2.56. The Morgan fingerprint density at radius 2 is 1.87 bits per heavy atom. The molecule has 0 amide bonds. The second-order valence-corrected chi connectivity index (χ2v) is 9.01. The van der Waals surface area contributed by atoms with E-state index in [2.05, 4.69) is 30.9 Å². The highest BCUT2D eigenvalue weighted by atomic mass is 32.1. The van der Waals surface area contributed by atoms with Crippen LogP contribution in [0.1, 0.15) is 48.5 Å². The fourth-order valence-electron chi connectivity index (χ4n) is 4.35. The summed E-state index contributed by atoms with van der Waals surface area (Å²) >= 11 is 1.73. The number of likely N-dealkylation sites (N-methyl/N-ethyl adjacent to an activating group) is 1. The van der Waals surface area contributed by atoms with Crippen LogP contribution in [0.3, 0.4) is 0 Å². The quantitative estimate of drug-likeness (QED) is 0.541. The van der Waals surface area contributed by atoms with Crippen molar-refractivity contribution in [3.63, 3.8) is 0 Å². The number of hydrogen-bond donors (Lipinski definition) is 0. The summed E-state index contributed by atoms with van der Waals surface area (Å²) in [5, 5.41) is 0.882. The SMILES string of the molecule is CCN(CC)CCn1c(Cc2ccc(OC)cc2)nc2sc3c(c2c1=O)CCCC3. The van der Waals surface area contributed by atoms with Gasteiger partial charge in [-0.1, -0.05) is 26.0 Å². The zero-order valence-electron chi connectivity index (χ0n) is 18.2. The number of ether oxygens (including phenoxy) is 1. The Bertz CT molecular complexity index is 1060. The van der Waals surface area contributed by atoms with Gasteiger partial charge in [0, 0.05) is 24.4 Å². The van der Waals surface area contributed by atoms with Crippen molar-refractivity contribution in [2.45, 2.75) is 52.5 Å². The van der Waals surface area contributed by atoms with Crippen LogP contribution in [0.15, 0.2) is 29.1 Å². The number of rotatable bonds is 8. The molecule has 0 spiro atoms. The van der Waals surface area contributed by atoms with Crippen LogP contribution < -0.4 is 10.3 Å². The highest BCUT2D eigenvalue weighted by Gasteiger charge is 2.22. The van der Waals surface area contributed by atoms with Crippen molar-refractivity contribution in [3.8, 4) is 5.75 Å². The molecule has 2 aromatic heterocycles. The molecule has 30 heavy (non-hydrogen) atoms. The van der Waals surface area contributed by atoms with Gasteiger partial charge in [0.1, 0.15) is 16.4 Å². The fourth-order valence-corrected chi connectivity index (χ4v) is 5.62. The van der Waals surface area contributed by atoms with Crippen molar-refractivity contribution in [2.75, 3.05) is 26.7 Å². The molecule has 1 aliphatic rings. The predicted octanol–water partition coefficient (Wildman–Crippen LogP) is 4.28. The summed E-state index contributed by atoms with van der Waals surface area (Å²) in [5.74, 6) is 1.70. The van der Waals surface area contributed by atoms with E-state index in [-0.39, 0.29) is 5.56 Å². The molecule has 0 saturated heterocycles. The Hall–Kier alpha value is -2.18. The molecule has 5 nitrogen and oxygen atoms in total. The van der Waals surface area contributed by atoms with Gasteiger partial charge in [-0.3, -0.25) is 9.36 Å². The number of benzene rings is 1. The van der Waals surface area contributed by atoms with Crippen LogP contribution in [-0.2, 0) is 25.8 Å². The molecule has 6 heteroatoms. The Balaban J connectivity index is 1.77. The van der Waals surface area contributed by atoms with Crippen molar-refractivity contribution < 1.29 is 4.74 Å². The van der Waals surface area contributed by atoms with Crippen LogP contribution in [-0.4, -0.2) is 41.2 Å². The van der Waals surface area contributed by atoms with Crippen molar-refractivity contribution in [1.29, 1.82) is 0 Å². The lowest BCUT2D eigenvalue weighted by Crippen LogP contribution is -2.33. The highest BCUT2D eigenvalue weighted by Crippen LogP contribution is 2.34. The van der Waals surface area contributed by atoms with E-state index in [1.54, 1.807) is 18.4 Å². The van der Waals surface area contributed by atoms with Crippen LogP contribution in [0.25, 0.3) is 10.2 Å². The van der Waals surface area contributed by atoms with Crippen molar-refractivity contribution in [1.82, 2.24) is 14.5 Å². The molecule has 0 atom stereocenters. The first kappa shape index (κ1) is 21.1. The van der Waals surface area contributed by atoms with Gasteiger partial charge < -0.3 is 9.64 Å².